The third kappa shape index (κ3) is 3.68. The fraction of sp³-hybridized carbons (Fsp3) is 0.353. The van der Waals surface area contributed by atoms with Gasteiger partial charge in [-0.3, -0.25) is 13.9 Å². The number of rotatable bonds is 6. The molecule has 3 rings (SSSR count). The van der Waals surface area contributed by atoms with Crippen molar-refractivity contribution in [3.63, 3.8) is 0 Å². The molecule has 2 aromatic heterocycles. The molecule has 8 nitrogen and oxygen atoms in total. The Labute approximate surface area is 157 Å². The van der Waals surface area contributed by atoms with Gasteiger partial charge in [-0.2, -0.15) is 0 Å². The zero-order valence-corrected chi connectivity index (χ0v) is 15.6. The van der Waals surface area contributed by atoms with Crippen LogP contribution >= 0.6 is 11.8 Å². The summed E-state index contributed by atoms with van der Waals surface area (Å²) >= 11 is 1.16. The Hall–Kier alpha value is -2.43. The molecule has 0 fully saturated rings. The lowest BCUT2D eigenvalue weighted by atomic mass is 10.2. The van der Waals surface area contributed by atoms with E-state index in [1.165, 1.54) is 30.8 Å². The highest BCUT2D eigenvalue weighted by Crippen LogP contribution is 2.23. The Kier molecular flexibility index (Phi) is 5.49. The largest absolute Gasteiger partial charge is 0.394 e. The van der Waals surface area contributed by atoms with E-state index in [0.29, 0.717) is 5.16 Å². The van der Waals surface area contributed by atoms with Crippen LogP contribution in [0.5, 0.6) is 0 Å². The van der Waals surface area contributed by atoms with Crippen LogP contribution in [0, 0.1) is 5.82 Å². The smallest absolute Gasteiger partial charge is 0.332 e. The number of aliphatic hydroxyl groups excluding tert-OH is 2. The van der Waals surface area contributed by atoms with Gasteiger partial charge in [0.2, 0.25) is 0 Å². The van der Waals surface area contributed by atoms with E-state index in [9.17, 15) is 19.1 Å². The van der Waals surface area contributed by atoms with Crippen LogP contribution in [0.1, 0.15) is 5.56 Å². The van der Waals surface area contributed by atoms with E-state index in [1.807, 2.05) is 0 Å². The van der Waals surface area contributed by atoms with Gasteiger partial charge in [0.15, 0.2) is 16.3 Å². The van der Waals surface area contributed by atoms with Gasteiger partial charge >= 0.3 is 5.69 Å². The summed E-state index contributed by atoms with van der Waals surface area (Å²) in [5.41, 5.74) is 0.232. The fourth-order valence-electron chi connectivity index (χ4n) is 2.68. The van der Waals surface area contributed by atoms with Gasteiger partial charge in [-0.05, 0) is 17.7 Å². The Bertz CT molecular complexity index is 1090. The molecule has 0 aliphatic carbocycles. The number of imidazole rings is 1. The second kappa shape index (κ2) is 7.67. The molecule has 0 unspecified atom stereocenters. The van der Waals surface area contributed by atoms with Crippen LogP contribution in [-0.4, -0.2) is 47.4 Å². The van der Waals surface area contributed by atoms with Crippen molar-refractivity contribution in [2.24, 2.45) is 14.1 Å². The summed E-state index contributed by atoms with van der Waals surface area (Å²) in [4.78, 5) is 29.3. The second-order valence-electron chi connectivity index (χ2n) is 6.13. The van der Waals surface area contributed by atoms with Gasteiger partial charge in [-0.15, -0.1) is 0 Å². The number of benzene rings is 1. The van der Waals surface area contributed by atoms with E-state index in [-0.39, 0.29) is 29.3 Å². The summed E-state index contributed by atoms with van der Waals surface area (Å²) in [6.45, 7) is -0.160. The molecule has 2 heterocycles. The van der Waals surface area contributed by atoms with Gasteiger partial charge in [-0.25, -0.2) is 14.2 Å². The van der Waals surface area contributed by atoms with Crippen LogP contribution in [0.4, 0.5) is 4.39 Å². The topological polar surface area (TPSA) is 102 Å². The molecule has 144 valence electrons. The number of thioether (sulfide) groups is 1. The van der Waals surface area contributed by atoms with E-state index in [1.54, 1.807) is 16.7 Å². The molecule has 0 radical (unpaired) electrons. The van der Waals surface area contributed by atoms with Crippen LogP contribution in [0.3, 0.4) is 0 Å². The van der Waals surface area contributed by atoms with Gasteiger partial charge in [0, 0.05) is 19.8 Å². The Morgan fingerprint density at radius 2 is 1.85 bits per heavy atom. The number of aromatic nitrogens is 4. The third-order valence-corrected chi connectivity index (χ3v) is 5.30. The molecule has 0 saturated heterocycles. The highest BCUT2D eigenvalue weighted by atomic mass is 32.2. The standard InChI is InChI=1S/C17H19FN4O4S/c1-20-14-13(15(25)21(2)17(20)26)22(7-10-3-5-11(18)6-4-10)16(19-14)27-9-12(24)8-23/h3-6,12,23-24H,7-9H2,1-2H3/t12-/m0/s1. The number of halogens is 1. The summed E-state index contributed by atoms with van der Waals surface area (Å²) < 4.78 is 17.1. The lowest BCUT2D eigenvalue weighted by molar-refractivity contribution is 0.113. The predicted molar refractivity (Wildman–Crippen MR) is 99.5 cm³/mol. The molecule has 0 aliphatic heterocycles. The summed E-state index contributed by atoms with van der Waals surface area (Å²) in [5.74, 6) is -0.203. The molecule has 0 amide bonds. The molecule has 3 aromatic rings. The molecule has 0 aliphatic rings. The lowest BCUT2D eigenvalue weighted by Gasteiger charge is -2.11. The molecule has 2 N–H and O–H groups in total. The predicted octanol–water partition coefficient (Wildman–Crippen LogP) is 0.0664. The molecule has 1 aromatic carbocycles. The third-order valence-electron chi connectivity index (χ3n) is 4.18. The molecule has 0 spiro atoms. The average molecular weight is 394 g/mol. The highest BCUT2D eigenvalue weighted by molar-refractivity contribution is 7.99. The number of aliphatic hydroxyl groups is 2. The number of aryl methyl sites for hydroxylation is 1. The summed E-state index contributed by atoms with van der Waals surface area (Å²) in [6.07, 6.45) is -0.944. The molecule has 0 saturated carbocycles. The van der Waals surface area contributed by atoms with Crippen molar-refractivity contribution in [3.05, 3.63) is 56.5 Å². The minimum absolute atomic E-state index is 0.164. The fourth-order valence-corrected chi connectivity index (χ4v) is 3.59. The minimum Gasteiger partial charge on any atom is -0.394 e. The molecular weight excluding hydrogens is 375 g/mol. The monoisotopic (exact) mass is 394 g/mol. The van der Waals surface area contributed by atoms with Gasteiger partial charge in [0.25, 0.3) is 5.56 Å². The van der Waals surface area contributed by atoms with Crippen LogP contribution in [0.25, 0.3) is 11.2 Å². The van der Waals surface area contributed by atoms with Gasteiger partial charge < -0.3 is 14.8 Å². The zero-order valence-electron chi connectivity index (χ0n) is 14.8. The summed E-state index contributed by atoms with van der Waals surface area (Å²) in [7, 11) is 2.91. The number of hydrogen-bond donors (Lipinski definition) is 2. The van der Waals surface area contributed by atoms with Crippen molar-refractivity contribution in [3.8, 4) is 0 Å². The quantitative estimate of drug-likeness (QED) is 0.574. The molecular formula is C17H19FN4O4S. The zero-order chi connectivity index (χ0) is 19.7. The maximum atomic E-state index is 13.2. The minimum atomic E-state index is -0.944. The second-order valence-corrected chi connectivity index (χ2v) is 7.12. The number of nitrogens with zero attached hydrogens (tertiary/aromatic N) is 4. The van der Waals surface area contributed by atoms with Crippen molar-refractivity contribution in [1.29, 1.82) is 0 Å². The van der Waals surface area contributed by atoms with Crippen molar-refractivity contribution in [2.75, 3.05) is 12.4 Å². The maximum Gasteiger partial charge on any atom is 0.332 e. The summed E-state index contributed by atoms with van der Waals surface area (Å²) in [5, 5.41) is 19.1. The van der Waals surface area contributed by atoms with Gasteiger partial charge in [0.05, 0.1) is 19.3 Å². The van der Waals surface area contributed by atoms with E-state index in [4.69, 9.17) is 5.11 Å². The van der Waals surface area contributed by atoms with E-state index in [2.05, 4.69) is 4.98 Å². The first-order valence-corrected chi connectivity index (χ1v) is 9.14. The van der Waals surface area contributed by atoms with Crippen LogP contribution < -0.4 is 11.2 Å². The first-order valence-electron chi connectivity index (χ1n) is 8.16. The van der Waals surface area contributed by atoms with Crippen molar-refractivity contribution in [1.82, 2.24) is 18.7 Å². The van der Waals surface area contributed by atoms with Crippen LogP contribution in [0.15, 0.2) is 39.0 Å². The van der Waals surface area contributed by atoms with Crippen LogP contribution in [-0.2, 0) is 20.6 Å². The average Bonchev–Trinajstić information content (AvgIpc) is 3.02. The summed E-state index contributed by atoms with van der Waals surface area (Å²) in [6, 6.07) is 5.85. The Morgan fingerprint density at radius 1 is 1.19 bits per heavy atom. The van der Waals surface area contributed by atoms with Crippen molar-refractivity contribution in [2.45, 2.75) is 17.8 Å². The lowest BCUT2D eigenvalue weighted by Crippen LogP contribution is -2.37. The van der Waals surface area contributed by atoms with E-state index in [0.717, 1.165) is 21.9 Å². The number of hydrogen-bond acceptors (Lipinski definition) is 6. The van der Waals surface area contributed by atoms with E-state index < -0.39 is 24.0 Å². The van der Waals surface area contributed by atoms with Crippen LogP contribution in [0.2, 0.25) is 0 Å². The first kappa shape index (κ1) is 19.3. The highest BCUT2D eigenvalue weighted by Gasteiger charge is 2.20. The number of fused-ring (bicyclic) bond motifs is 1. The molecule has 1 atom stereocenters. The molecule has 10 heteroatoms. The Morgan fingerprint density at radius 3 is 2.48 bits per heavy atom. The van der Waals surface area contributed by atoms with Gasteiger partial charge in [0.1, 0.15) is 5.82 Å². The van der Waals surface area contributed by atoms with Gasteiger partial charge in [-0.1, -0.05) is 23.9 Å². The SMILES string of the molecule is Cn1c(=O)c2c(nc(SC[C@@H](O)CO)n2Cc2ccc(F)cc2)n(C)c1=O. The first-order chi connectivity index (χ1) is 12.8. The van der Waals surface area contributed by atoms with Crippen molar-refractivity contribution < 1.29 is 14.6 Å². The molecule has 27 heavy (non-hydrogen) atoms. The Balaban J connectivity index is 2.18. The van der Waals surface area contributed by atoms with Crippen molar-refractivity contribution >= 4 is 22.9 Å². The van der Waals surface area contributed by atoms with E-state index >= 15 is 0 Å². The normalized spacial score (nSPS) is 12.6. The molecule has 0 bridgehead atoms. The maximum absolute atomic E-state index is 13.2.